The number of rotatable bonds is 10. The van der Waals surface area contributed by atoms with Gasteiger partial charge in [-0.25, -0.2) is 9.78 Å². The summed E-state index contributed by atoms with van der Waals surface area (Å²) in [5.41, 5.74) is 0.393. The molecule has 1 saturated heterocycles. The SMILES string of the molecule is C=CCOC(=O)c1sc(N2C(=O)C(=O)C(=C(O)c3cccc(OCCC)c3)C2c2ccc([N+](=O)[O-])cc2)nc1C. The minimum absolute atomic E-state index is 0.0209. The summed E-state index contributed by atoms with van der Waals surface area (Å²) in [5, 5.41) is 22.6. The Morgan fingerprint density at radius 3 is 2.62 bits per heavy atom. The second-order valence-electron chi connectivity index (χ2n) is 8.69. The van der Waals surface area contributed by atoms with Gasteiger partial charge < -0.3 is 14.6 Å². The lowest BCUT2D eigenvalue weighted by atomic mass is 9.95. The molecule has 1 atom stereocenters. The van der Waals surface area contributed by atoms with Gasteiger partial charge in [0.2, 0.25) is 0 Å². The monoisotopic (exact) mass is 563 g/mol. The molecule has 1 aliphatic heterocycles. The maximum absolute atomic E-state index is 13.4. The third kappa shape index (κ3) is 5.47. The highest BCUT2D eigenvalue weighted by atomic mass is 32.1. The number of anilines is 1. The summed E-state index contributed by atoms with van der Waals surface area (Å²) in [4.78, 5) is 55.6. The number of hydrogen-bond acceptors (Lipinski definition) is 10. The summed E-state index contributed by atoms with van der Waals surface area (Å²) in [6.07, 6.45) is 2.17. The molecule has 0 bridgehead atoms. The summed E-state index contributed by atoms with van der Waals surface area (Å²) in [6.45, 7) is 7.43. The first kappa shape index (κ1) is 28.2. The molecule has 0 spiro atoms. The molecule has 1 aliphatic rings. The summed E-state index contributed by atoms with van der Waals surface area (Å²) in [7, 11) is 0. The Hall–Kier alpha value is -4.84. The van der Waals surface area contributed by atoms with Gasteiger partial charge >= 0.3 is 11.9 Å². The molecule has 11 nitrogen and oxygen atoms in total. The molecule has 4 rings (SSSR count). The first-order chi connectivity index (χ1) is 19.2. The summed E-state index contributed by atoms with van der Waals surface area (Å²) in [6, 6.07) is 10.5. The number of nitro groups is 1. The molecule has 1 aromatic heterocycles. The van der Waals surface area contributed by atoms with Crippen LogP contribution in [0.4, 0.5) is 10.8 Å². The van der Waals surface area contributed by atoms with Gasteiger partial charge in [-0.1, -0.05) is 43.0 Å². The molecule has 2 heterocycles. The lowest BCUT2D eigenvalue weighted by molar-refractivity contribution is -0.384. The Balaban J connectivity index is 1.87. The second kappa shape index (κ2) is 11.9. The van der Waals surface area contributed by atoms with E-state index in [-0.39, 0.29) is 39.1 Å². The van der Waals surface area contributed by atoms with Crippen LogP contribution in [0, 0.1) is 17.0 Å². The molecule has 0 aliphatic carbocycles. The number of esters is 1. The van der Waals surface area contributed by atoms with Gasteiger partial charge in [0, 0.05) is 17.7 Å². The number of Topliss-reactive ketones (excluding diaryl/α,β-unsaturated/α-hetero) is 1. The van der Waals surface area contributed by atoms with Gasteiger partial charge in [-0.15, -0.1) is 0 Å². The average molecular weight is 564 g/mol. The third-order valence-corrected chi connectivity index (χ3v) is 7.09. The number of non-ortho nitro benzene ring substituents is 1. The van der Waals surface area contributed by atoms with E-state index >= 15 is 0 Å². The maximum Gasteiger partial charge on any atom is 0.350 e. The zero-order valence-electron chi connectivity index (χ0n) is 21.7. The van der Waals surface area contributed by atoms with Gasteiger partial charge in [0.05, 0.1) is 28.8 Å². The summed E-state index contributed by atoms with van der Waals surface area (Å²) < 4.78 is 10.7. The highest BCUT2D eigenvalue weighted by molar-refractivity contribution is 7.17. The van der Waals surface area contributed by atoms with E-state index in [1.54, 1.807) is 31.2 Å². The quantitative estimate of drug-likeness (QED) is 0.0675. The van der Waals surface area contributed by atoms with Gasteiger partial charge in [0.15, 0.2) is 5.13 Å². The number of aryl methyl sites for hydroxylation is 1. The highest BCUT2D eigenvalue weighted by Crippen LogP contribution is 2.44. The van der Waals surface area contributed by atoms with Crippen LogP contribution >= 0.6 is 11.3 Å². The highest BCUT2D eigenvalue weighted by Gasteiger charge is 2.48. The zero-order valence-corrected chi connectivity index (χ0v) is 22.5. The molecule has 2 aromatic carbocycles. The number of nitrogens with zero attached hydrogens (tertiary/aromatic N) is 3. The predicted octanol–water partition coefficient (Wildman–Crippen LogP) is 5.12. The minimum Gasteiger partial charge on any atom is -0.507 e. The summed E-state index contributed by atoms with van der Waals surface area (Å²) in [5.74, 6) is -2.63. The van der Waals surface area contributed by atoms with Crippen LogP contribution in [-0.4, -0.2) is 45.9 Å². The molecule has 1 fully saturated rings. The second-order valence-corrected chi connectivity index (χ2v) is 9.67. The van der Waals surface area contributed by atoms with E-state index in [0.29, 0.717) is 17.9 Å². The van der Waals surface area contributed by atoms with Crippen molar-refractivity contribution in [1.29, 1.82) is 0 Å². The van der Waals surface area contributed by atoms with Crippen LogP contribution < -0.4 is 9.64 Å². The van der Waals surface area contributed by atoms with Crippen molar-refractivity contribution < 1.29 is 33.9 Å². The van der Waals surface area contributed by atoms with Crippen LogP contribution in [0.2, 0.25) is 0 Å². The topological polar surface area (TPSA) is 149 Å². The molecule has 12 heteroatoms. The number of nitro benzene ring substituents is 1. The number of aliphatic hydroxyl groups excluding tert-OH is 1. The molecule has 0 saturated carbocycles. The number of aromatic nitrogens is 1. The Morgan fingerprint density at radius 1 is 1.25 bits per heavy atom. The average Bonchev–Trinajstić information content (AvgIpc) is 3.46. The number of benzene rings is 2. The molecule has 1 unspecified atom stereocenters. The first-order valence-electron chi connectivity index (χ1n) is 12.2. The molecule has 206 valence electrons. The normalized spacial score (nSPS) is 16.1. The van der Waals surface area contributed by atoms with Gasteiger partial charge in [-0.3, -0.25) is 24.6 Å². The molecule has 0 radical (unpaired) electrons. The lowest BCUT2D eigenvalue weighted by Gasteiger charge is -2.23. The van der Waals surface area contributed by atoms with E-state index in [0.717, 1.165) is 22.7 Å². The molecule has 3 aromatic rings. The van der Waals surface area contributed by atoms with E-state index in [4.69, 9.17) is 9.47 Å². The van der Waals surface area contributed by atoms with Crippen molar-refractivity contribution in [3.05, 3.63) is 98.6 Å². The number of carbonyl (C=O) groups is 3. The van der Waals surface area contributed by atoms with Crippen molar-refractivity contribution in [3.63, 3.8) is 0 Å². The fraction of sp³-hybridized carbons (Fsp3) is 0.214. The maximum atomic E-state index is 13.4. The Morgan fingerprint density at radius 2 is 1.98 bits per heavy atom. The van der Waals surface area contributed by atoms with E-state index in [2.05, 4.69) is 11.6 Å². The van der Waals surface area contributed by atoms with E-state index in [1.807, 2.05) is 6.92 Å². The van der Waals surface area contributed by atoms with Crippen molar-refractivity contribution in [2.75, 3.05) is 18.1 Å². The van der Waals surface area contributed by atoms with Crippen molar-refractivity contribution >= 4 is 45.6 Å². The van der Waals surface area contributed by atoms with Crippen molar-refractivity contribution in [2.45, 2.75) is 26.3 Å². The predicted molar refractivity (Wildman–Crippen MR) is 147 cm³/mol. The molecule has 40 heavy (non-hydrogen) atoms. The number of aliphatic hydroxyl groups is 1. The first-order valence-corrected chi connectivity index (χ1v) is 13.0. The molecule has 1 N–H and O–H groups in total. The number of ketones is 1. The van der Waals surface area contributed by atoms with Crippen molar-refractivity contribution in [3.8, 4) is 5.75 Å². The number of hydrogen-bond donors (Lipinski definition) is 1. The Bertz CT molecular complexity index is 1530. The van der Waals surface area contributed by atoms with Crippen LogP contribution in [0.1, 0.15) is 45.9 Å². The van der Waals surface area contributed by atoms with Crippen LogP contribution in [0.15, 0.2) is 66.8 Å². The fourth-order valence-corrected chi connectivity index (χ4v) is 5.09. The third-order valence-electron chi connectivity index (χ3n) is 5.95. The molecule has 1 amide bonds. The summed E-state index contributed by atoms with van der Waals surface area (Å²) >= 11 is 0.849. The number of ether oxygens (including phenoxy) is 2. The van der Waals surface area contributed by atoms with Crippen LogP contribution in [0.25, 0.3) is 5.76 Å². The van der Waals surface area contributed by atoms with E-state index < -0.39 is 34.4 Å². The van der Waals surface area contributed by atoms with Crippen LogP contribution in [0.3, 0.4) is 0 Å². The van der Waals surface area contributed by atoms with Gasteiger partial charge in [0.1, 0.15) is 23.0 Å². The fourth-order valence-electron chi connectivity index (χ4n) is 4.11. The van der Waals surface area contributed by atoms with Gasteiger partial charge in [-0.05, 0) is 43.2 Å². The molecular weight excluding hydrogens is 538 g/mol. The lowest BCUT2D eigenvalue weighted by Crippen LogP contribution is -2.29. The van der Waals surface area contributed by atoms with Gasteiger partial charge in [0.25, 0.3) is 11.5 Å². The van der Waals surface area contributed by atoms with Crippen LogP contribution in [-0.2, 0) is 14.3 Å². The Kier molecular flexibility index (Phi) is 8.39. The smallest absolute Gasteiger partial charge is 0.350 e. The van der Waals surface area contributed by atoms with Crippen molar-refractivity contribution in [1.82, 2.24) is 4.98 Å². The zero-order chi connectivity index (χ0) is 29.0. The number of thiazole rings is 1. The van der Waals surface area contributed by atoms with Crippen molar-refractivity contribution in [2.24, 2.45) is 0 Å². The Labute approximate surface area is 233 Å². The van der Waals surface area contributed by atoms with E-state index in [9.17, 15) is 29.6 Å². The minimum atomic E-state index is -1.19. The molecular formula is C28H25N3O8S. The largest absolute Gasteiger partial charge is 0.507 e. The number of carbonyl (C=O) groups excluding carboxylic acids is 3. The standard InChI is InChI=1S/C28H25N3O8S/c1-4-13-38-20-8-6-7-18(15-20)23(32)21-22(17-9-11-19(12-10-17)31(36)37)30(26(34)24(21)33)28-29-16(3)25(40-28)27(35)39-14-5-2/h5-12,15,22,32H,2,4,13-14H2,1,3H3. The number of amides is 1. The van der Waals surface area contributed by atoms with E-state index in [1.165, 1.54) is 30.3 Å². The van der Waals surface area contributed by atoms with Crippen LogP contribution in [0.5, 0.6) is 5.75 Å². The van der Waals surface area contributed by atoms with Gasteiger partial charge in [-0.2, -0.15) is 0 Å².